The van der Waals surface area contributed by atoms with E-state index in [1.54, 1.807) is 17.0 Å². The molecule has 2 aromatic rings. The summed E-state index contributed by atoms with van der Waals surface area (Å²) in [6.45, 7) is 6.25. The third-order valence-corrected chi connectivity index (χ3v) is 6.93. The van der Waals surface area contributed by atoms with Crippen molar-refractivity contribution in [3.05, 3.63) is 47.5 Å². The Hall–Kier alpha value is -2.81. The maximum atomic E-state index is 13.3. The molecule has 3 aliphatic rings. The third-order valence-electron chi connectivity index (χ3n) is 6.61. The first-order chi connectivity index (χ1) is 16.6. The molecule has 8 nitrogen and oxygen atoms in total. The van der Waals surface area contributed by atoms with Crippen LogP contribution in [0.3, 0.4) is 0 Å². The van der Waals surface area contributed by atoms with Crippen molar-refractivity contribution in [2.75, 3.05) is 79.2 Å². The molecule has 0 aromatic heterocycles. The average molecular weight is 485 g/mol. The molecule has 0 spiro atoms. The van der Waals surface area contributed by atoms with E-state index >= 15 is 0 Å². The third kappa shape index (κ3) is 4.85. The lowest BCUT2D eigenvalue weighted by Crippen LogP contribution is -2.38. The van der Waals surface area contributed by atoms with E-state index in [0.717, 1.165) is 43.2 Å². The summed E-state index contributed by atoms with van der Waals surface area (Å²) >= 11 is 6.29. The number of amides is 2. The highest BCUT2D eigenvalue weighted by Crippen LogP contribution is 2.35. The van der Waals surface area contributed by atoms with Crippen LogP contribution >= 0.6 is 11.6 Å². The van der Waals surface area contributed by atoms with Crippen LogP contribution in [0, 0.1) is 5.92 Å². The fourth-order valence-corrected chi connectivity index (χ4v) is 4.97. The molecule has 3 aliphatic heterocycles. The van der Waals surface area contributed by atoms with Gasteiger partial charge in [0, 0.05) is 44.8 Å². The second kappa shape index (κ2) is 10.2. The number of carbonyl (C=O) groups is 2. The number of benzene rings is 2. The van der Waals surface area contributed by atoms with Gasteiger partial charge in [0.15, 0.2) is 0 Å². The van der Waals surface area contributed by atoms with Crippen molar-refractivity contribution >= 4 is 46.2 Å². The number of morpholine rings is 2. The second-order valence-electron chi connectivity index (χ2n) is 8.75. The predicted octanol–water partition coefficient (Wildman–Crippen LogP) is 3.00. The van der Waals surface area contributed by atoms with Gasteiger partial charge < -0.3 is 29.5 Å². The van der Waals surface area contributed by atoms with E-state index in [1.165, 1.54) is 0 Å². The number of halogens is 1. The summed E-state index contributed by atoms with van der Waals surface area (Å²) in [4.78, 5) is 32.1. The number of nitrogens with one attached hydrogen (secondary N) is 1. The first-order valence-corrected chi connectivity index (χ1v) is 12.1. The van der Waals surface area contributed by atoms with Crippen molar-refractivity contribution in [1.82, 2.24) is 0 Å². The molecule has 2 amide bonds. The second-order valence-corrected chi connectivity index (χ2v) is 9.15. The minimum atomic E-state index is -0.444. The quantitative estimate of drug-likeness (QED) is 0.703. The summed E-state index contributed by atoms with van der Waals surface area (Å²) in [7, 11) is 0. The molecule has 1 atom stereocenters. The highest BCUT2D eigenvalue weighted by molar-refractivity contribution is 6.34. The Balaban J connectivity index is 1.35. The van der Waals surface area contributed by atoms with Crippen LogP contribution < -0.4 is 20.0 Å². The smallest absolute Gasteiger partial charge is 0.229 e. The molecule has 3 heterocycles. The molecule has 1 N–H and O–H groups in total. The van der Waals surface area contributed by atoms with Crippen LogP contribution in [0.2, 0.25) is 5.02 Å². The summed E-state index contributed by atoms with van der Waals surface area (Å²) in [6, 6.07) is 13.4. The first kappa shape index (κ1) is 23.0. The number of para-hydroxylation sites is 1. The number of anilines is 4. The highest BCUT2D eigenvalue weighted by atomic mass is 35.5. The maximum Gasteiger partial charge on any atom is 0.229 e. The number of hydrogen-bond donors (Lipinski definition) is 1. The predicted molar refractivity (Wildman–Crippen MR) is 133 cm³/mol. The summed E-state index contributed by atoms with van der Waals surface area (Å²) in [6.07, 6.45) is 0.163. The lowest BCUT2D eigenvalue weighted by atomic mass is 10.1. The van der Waals surface area contributed by atoms with Gasteiger partial charge in [-0.3, -0.25) is 9.59 Å². The van der Waals surface area contributed by atoms with Crippen molar-refractivity contribution in [1.29, 1.82) is 0 Å². The SMILES string of the molecule is O=C(Nc1ccc(N2CCOCC2)cc1N1CCOCC1)[C@H]1CC(=O)N(c2ccccc2Cl)C1. The normalized spacial score (nSPS) is 21.1. The van der Waals surface area contributed by atoms with Crippen LogP contribution in [0.4, 0.5) is 22.7 Å². The maximum absolute atomic E-state index is 13.3. The van der Waals surface area contributed by atoms with Crippen LogP contribution in [0.15, 0.2) is 42.5 Å². The Morgan fingerprint density at radius 3 is 2.29 bits per heavy atom. The van der Waals surface area contributed by atoms with Gasteiger partial charge in [-0.15, -0.1) is 0 Å². The zero-order valence-electron chi connectivity index (χ0n) is 19.0. The molecule has 0 bridgehead atoms. The number of hydrogen-bond acceptors (Lipinski definition) is 6. The van der Waals surface area contributed by atoms with Crippen molar-refractivity contribution in [3.63, 3.8) is 0 Å². The van der Waals surface area contributed by atoms with Crippen molar-refractivity contribution < 1.29 is 19.1 Å². The van der Waals surface area contributed by atoms with Gasteiger partial charge in [0.25, 0.3) is 0 Å². The Bertz CT molecular complexity index is 1050. The van der Waals surface area contributed by atoms with Gasteiger partial charge in [-0.1, -0.05) is 23.7 Å². The number of carbonyl (C=O) groups excluding carboxylic acids is 2. The van der Waals surface area contributed by atoms with Gasteiger partial charge in [0.2, 0.25) is 11.8 Å². The molecule has 34 heavy (non-hydrogen) atoms. The van der Waals surface area contributed by atoms with Crippen LogP contribution in [0.25, 0.3) is 0 Å². The molecule has 0 radical (unpaired) electrons. The monoisotopic (exact) mass is 484 g/mol. The molecule has 5 rings (SSSR count). The Kier molecular flexibility index (Phi) is 6.89. The van der Waals surface area contributed by atoms with Crippen LogP contribution in [0.5, 0.6) is 0 Å². The number of rotatable bonds is 5. The average Bonchev–Trinajstić information content (AvgIpc) is 3.27. The summed E-state index contributed by atoms with van der Waals surface area (Å²) in [5.41, 5.74) is 3.50. The van der Waals surface area contributed by atoms with Gasteiger partial charge in [-0.2, -0.15) is 0 Å². The molecule has 0 unspecified atom stereocenters. The standard InChI is InChI=1S/C25H29ClN4O4/c26-20-3-1-2-4-22(20)30-17-18(15-24(30)31)25(32)27-21-6-5-19(28-7-11-33-12-8-28)16-23(21)29-9-13-34-14-10-29/h1-6,16,18H,7-15,17H2,(H,27,32)/t18-/m0/s1. The Morgan fingerprint density at radius 2 is 1.59 bits per heavy atom. The van der Waals surface area contributed by atoms with Crippen molar-refractivity contribution in [2.45, 2.75) is 6.42 Å². The summed E-state index contributed by atoms with van der Waals surface area (Å²) in [5, 5.41) is 3.62. The molecule has 3 fully saturated rings. The van der Waals surface area contributed by atoms with Crippen LogP contribution in [-0.4, -0.2) is 71.0 Å². The molecule has 3 saturated heterocycles. The van der Waals surface area contributed by atoms with E-state index in [2.05, 4.69) is 21.2 Å². The molecule has 9 heteroatoms. The van der Waals surface area contributed by atoms with E-state index in [4.69, 9.17) is 21.1 Å². The Labute approximate surface area is 204 Å². The number of ether oxygens (including phenoxy) is 2. The largest absolute Gasteiger partial charge is 0.378 e. The highest BCUT2D eigenvalue weighted by Gasteiger charge is 2.36. The van der Waals surface area contributed by atoms with Crippen molar-refractivity contribution in [3.8, 4) is 0 Å². The molecular weight excluding hydrogens is 456 g/mol. The van der Waals surface area contributed by atoms with Crippen LogP contribution in [0.1, 0.15) is 6.42 Å². The Morgan fingerprint density at radius 1 is 0.912 bits per heavy atom. The van der Waals surface area contributed by atoms with E-state index in [-0.39, 0.29) is 18.2 Å². The van der Waals surface area contributed by atoms with Crippen molar-refractivity contribution in [2.24, 2.45) is 5.92 Å². The lowest BCUT2D eigenvalue weighted by molar-refractivity contribution is -0.122. The number of nitrogens with zero attached hydrogens (tertiary/aromatic N) is 3. The topological polar surface area (TPSA) is 74.4 Å². The van der Waals surface area contributed by atoms with Gasteiger partial charge in [0.1, 0.15) is 0 Å². The summed E-state index contributed by atoms with van der Waals surface area (Å²) < 4.78 is 11.0. The molecule has 0 aliphatic carbocycles. The van der Waals surface area contributed by atoms with Gasteiger partial charge in [-0.25, -0.2) is 0 Å². The molecule has 0 saturated carbocycles. The first-order valence-electron chi connectivity index (χ1n) is 11.8. The lowest BCUT2D eigenvalue weighted by Gasteiger charge is -2.33. The van der Waals surface area contributed by atoms with Gasteiger partial charge in [0.05, 0.1) is 54.4 Å². The summed E-state index contributed by atoms with van der Waals surface area (Å²) in [5.74, 6) is -0.693. The zero-order chi connectivity index (χ0) is 23.5. The minimum absolute atomic E-state index is 0.0932. The zero-order valence-corrected chi connectivity index (χ0v) is 19.8. The van der Waals surface area contributed by atoms with E-state index in [1.807, 2.05) is 24.3 Å². The molecular formula is C25H29ClN4O4. The van der Waals surface area contributed by atoms with Gasteiger partial charge >= 0.3 is 0 Å². The fourth-order valence-electron chi connectivity index (χ4n) is 4.73. The molecule has 180 valence electrons. The van der Waals surface area contributed by atoms with E-state index in [9.17, 15) is 9.59 Å². The fraction of sp³-hybridized carbons (Fsp3) is 0.440. The van der Waals surface area contributed by atoms with Gasteiger partial charge in [-0.05, 0) is 30.3 Å². The van der Waals surface area contributed by atoms with Crippen LogP contribution in [-0.2, 0) is 19.1 Å². The molecule has 2 aromatic carbocycles. The van der Waals surface area contributed by atoms with E-state index < -0.39 is 5.92 Å². The van der Waals surface area contributed by atoms with E-state index in [0.29, 0.717) is 43.7 Å². The minimum Gasteiger partial charge on any atom is -0.378 e.